The number of non-ortho nitro benzene ring substituents is 1. The number of benzene rings is 2. The predicted molar refractivity (Wildman–Crippen MR) is 111 cm³/mol. The van der Waals surface area contributed by atoms with Crippen molar-refractivity contribution in [1.82, 2.24) is 20.2 Å². The molecular formula is C18H12ClF3N6O5S. The summed E-state index contributed by atoms with van der Waals surface area (Å²) >= 11 is 6.45. The Bertz CT molecular complexity index is 1270. The molecule has 1 amide bonds. The fraction of sp³-hybridized carbons (Fsp3) is 0.167. The summed E-state index contributed by atoms with van der Waals surface area (Å²) in [5, 5.41) is 23.8. The second-order valence-corrected chi connectivity index (χ2v) is 7.86. The Morgan fingerprint density at radius 2 is 2.00 bits per heavy atom. The summed E-state index contributed by atoms with van der Waals surface area (Å²) in [7, 11) is 1.54. The number of esters is 1. The molecule has 2 aromatic carbocycles. The van der Waals surface area contributed by atoms with Crippen LogP contribution in [0, 0.1) is 10.1 Å². The van der Waals surface area contributed by atoms with Crippen molar-refractivity contribution >= 4 is 46.6 Å². The van der Waals surface area contributed by atoms with E-state index in [9.17, 15) is 32.9 Å². The van der Waals surface area contributed by atoms with Crippen LogP contribution in [0.4, 0.5) is 24.5 Å². The first-order valence-corrected chi connectivity index (χ1v) is 10.2. The maximum Gasteiger partial charge on any atom is 0.417 e. The third kappa shape index (κ3) is 5.99. The second kappa shape index (κ2) is 10.0. The molecule has 0 fully saturated rings. The monoisotopic (exact) mass is 516 g/mol. The van der Waals surface area contributed by atoms with Crippen molar-refractivity contribution in [1.29, 1.82) is 0 Å². The highest BCUT2D eigenvalue weighted by molar-refractivity contribution is 7.99. The van der Waals surface area contributed by atoms with E-state index in [4.69, 9.17) is 16.3 Å². The second-order valence-electron chi connectivity index (χ2n) is 6.44. The van der Waals surface area contributed by atoms with Crippen LogP contribution in [-0.2, 0) is 22.8 Å². The summed E-state index contributed by atoms with van der Waals surface area (Å²) in [5.74, 6) is -2.02. The molecule has 0 saturated carbocycles. The Labute approximate surface area is 197 Å². The average molecular weight is 517 g/mol. The van der Waals surface area contributed by atoms with Crippen molar-refractivity contribution in [2.24, 2.45) is 7.05 Å². The van der Waals surface area contributed by atoms with Crippen LogP contribution in [0.5, 0.6) is 0 Å². The lowest BCUT2D eigenvalue weighted by atomic mass is 10.2. The first-order chi connectivity index (χ1) is 16.0. The van der Waals surface area contributed by atoms with Crippen LogP contribution < -0.4 is 5.32 Å². The fourth-order valence-electron chi connectivity index (χ4n) is 2.51. The van der Waals surface area contributed by atoms with Gasteiger partial charge in [0, 0.05) is 29.8 Å². The van der Waals surface area contributed by atoms with Gasteiger partial charge in [-0.3, -0.25) is 14.9 Å². The zero-order valence-electron chi connectivity index (χ0n) is 16.9. The summed E-state index contributed by atoms with van der Waals surface area (Å²) in [6.07, 6.45) is -4.74. The van der Waals surface area contributed by atoms with E-state index in [0.29, 0.717) is 6.07 Å². The summed E-state index contributed by atoms with van der Waals surface area (Å²) in [6.45, 7) is -0.874. The highest BCUT2D eigenvalue weighted by atomic mass is 35.5. The van der Waals surface area contributed by atoms with E-state index in [-0.39, 0.29) is 21.3 Å². The molecule has 178 valence electrons. The van der Waals surface area contributed by atoms with Crippen molar-refractivity contribution < 1.29 is 32.4 Å². The Morgan fingerprint density at radius 1 is 1.26 bits per heavy atom. The zero-order valence-corrected chi connectivity index (χ0v) is 18.4. The third-order valence-electron chi connectivity index (χ3n) is 4.07. The van der Waals surface area contributed by atoms with Gasteiger partial charge >= 0.3 is 12.1 Å². The van der Waals surface area contributed by atoms with Gasteiger partial charge in [0.15, 0.2) is 6.61 Å². The molecule has 1 heterocycles. The van der Waals surface area contributed by atoms with Gasteiger partial charge in [0.25, 0.3) is 11.6 Å². The molecule has 3 rings (SSSR count). The topological polar surface area (TPSA) is 142 Å². The zero-order chi connectivity index (χ0) is 25.0. The molecule has 0 radical (unpaired) electrons. The number of aryl methyl sites for hydroxylation is 1. The van der Waals surface area contributed by atoms with Crippen LogP contribution in [0.2, 0.25) is 5.02 Å². The number of halogens is 4. The number of hydrogen-bond donors (Lipinski definition) is 1. The van der Waals surface area contributed by atoms with Gasteiger partial charge in [-0.2, -0.15) is 13.2 Å². The van der Waals surface area contributed by atoms with Crippen molar-refractivity contribution in [2.45, 2.75) is 16.2 Å². The molecule has 0 unspecified atom stereocenters. The smallest absolute Gasteiger partial charge is 0.417 e. The molecule has 0 spiro atoms. The summed E-state index contributed by atoms with van der Waals surface area (Å²) in [5.41, 5.74) is -2.02. The molecule has 0 atom stereocenters. The largest absolute Gasteiger partial charge is 0.452 e. The molecule has 11 nitrogen and oxygen atoms in total. The standard InChI is InChI=1S/C18H12ClF3N6O5S/c1-27-17(24-25-26-27)34-14-5-3-10(28(31)32)7-11(14)16(30)33-8-15(29)23-9-2-4-13(19)12(6-9)18(20,21)22/h2-7H,8H2,1H3,(H,23,29). The van der Waals surface area contributed by atoms with Crippen LogP contribution in [0.15, 0.2) is 46.5 Å². The number of nitro benzene ring substituents is 1. The van der Waals surface area contributed by atoms with Crippen LogP contribution in [0.1, 0.15) is 15.9 Å². The molecule has 3 aromatic rings. The van der Waals surface area contributed by atoms with Crippen molar-refractivity contribution in [3.63, 3.8) is 0 Å². The lowest BCUT2D eigenvalue weighted by molar-refractivity contribution is -0.384. The van der Waals surface area contributed by atoms with Crippen molar-refractivity contribution in [3.05, 3.63) is 62.7 Å². The van der Waals surface area contributed by atoms with Gasteiger partial charge in [-0.25, -0.2) is 9.48 Å². The lowest BCUT2D eigenvalue weighted by Gasteiger charge is -2.12. The first kappa shape index (κ1) is 24.9. The maximum atomic E-state index is 13.0. The van der Waals surface area contributed by atoms with Crippen LogP contribution in [0.25, 0.3) is 0 Å². The first-order valence-electron chi connectivity index (χ1n) is 8.98. The molecule has 34 heavy (non-hydrogen) atoms. The summed E-state index contributed by atoms with van der Waals surface area (Å²) in [4.78, 5) is 35.3. The number of anilines is 1. The van der Waals surface area contributed by atoms with E-state index in [2.05, 4.69) is 20.8 Å². The van der Waals surface area contributed by atoms with Crippen molar-refractivity contribution in [2.75, 3.05) is 11.9 Å². The highest BCUT2D eigenvalue weighted by Gasteiger charge is 2.33. The maximum absolute atomic E-state index is 13.0. The van der Waals surface area contributed by atoms with Crippen LogP contribution in [-0.4, -0.2) is 43.6 Å². The Balaban J connectivity index is 1.74. The molecular weight excluding hydrogens is 505 g/mol. The Kier molecular flexibility index (Phi) is 7.36. The third-order valence-corrected chi connectivity index (χ3v) is 5.50. The van der Waals surface area contributed by atoms with Gasteiger partial charge in [-0.15, -0.1) is 5.10 Å². The van der Waals surface area contributed by atoms with Gasteiger partial charge < -0.3 is 10.1 Å². The number of aromatic nitrogens is 4. The normalized spacial score (nSPS) is 11.2. The minimum absolute atomic E-state index is 0.210. The van der Waals surface area contributed by atoms with E-state index in [0.717, 1.165) is 36.0 Å². The van der Waals surface area contributed by atoms with Gasteiger partial charge in [0.2, 0.25) is 5.16 Å². The van der Waals surface area contributed by atoms with E-state index in [1.54, 1.807) is 0 Å². The quantitative estimate of drug-likeness (QED) is 0.282. The molecule has 16 heteroatoms. The number of hydrogen-bond acceptors (Lipinski definition) is 9. The number of nitro groups is 1. The Hall–Kier alpha value is -3.72. The number of tetrazole rings is 1. The fourth-order valence-corrected chi connectivity index (χ4v) is 3.57. The molecule has 0 aliphatic heterocycles. The van der Waals surface area contributed by atoms with Gasteiger partial charge in [0.1, 0.15) is 0 Å². The SMILES string of the molecule is Cn1nnnc1Sc1ccc([N+](=O)[O-])cc1C(=O)OCC(=O)Nc1ccc(Cl)c(C(F)(F)F)c1. The number of nitrogens with one attached hydrogen (secondary N) is 1. The average Bonchev–Trinajstić information content (AvgIpc) is 3.17. The van der Waals surface area contributed by atoms with Crippen LogP contribution in [0.3, 0.4) is 0 Å². The number of ether oxygens (including phenoxy) is 1. The molecule has 0 saturated heterocycles. The molecule has 0 aliphatic carbocycles. The van der Waals surface area contributed by atoms with E-state index in [1.807, 2.05) is 0 Å². The lowest BCUT2D eigenvalue weighted by Crippen LogP contribution is -2.21. The number of nitrogens with zero attached hydrogens (tertiary/aromatic N) is 5. The molecule has 0 bridgehead atoms. The molecule has 1 N–H and O–H groups in total. The van der Waals surface area contributed by atoms with Gasteiger partial charge in [-0.1, -0.05) is 11.6 Å². The number of carbonyl (C=O) groups is 2. The molecule has 0 aliphatic rings. The van der Waals surface area contributed by atoms with Gasteiger partial charge in [-0.05, 0) is 46.5 Å². The van der Waals surface area contributed by atoms with E-state index >= 15 is 0 Å². The predicted octanol–water partition coefficient (Wildman–Crippen LogP) is 3.74. The number of amides is 1. The highest BCUT2D eigenvalue weighted by Crippen LogP contribution is 2.36. The summed E-state index contributed by atoms with van der Waals surface area (Å²) < 4.78 is 45.1. The van der Waals surface area contributed by atoms with E-state index in [1.165, 1.54) is 17.8 Å². The number of rotatable bonds is 7. The van der Waals surface area contributed by atoms with Crippen molar-refractivity contribution in [3.8, 4) is 0 Å². The van der Waals surface area contributed by atoms with Gasteiger partial charge in [0.05, 0.1) is 21.1 Å². The van der Waals surface area contributed by atoms with E-state index < -0.39 is 45.9 Å². The minimum atomic E-state index is -4.74. The number of alkyl halides is 3. The van der Waals surface area contributed by atoms with Crippen LogP contribution >= 0.6 is 23.4 Å². The number of carbonyl (C=O) groups excluding carboxylic acids is 2. The molecule has 1 aromatic heterocycles. The Morgan fingerprint density at radius 3 is 2.62 bits per heavy atom. The minimum Gasteiger partial charge on any atom is -0.452 e. The summed E-state index contributed by atoms with van der Waals surface area (Å²) in [6, 6.07) is 6.14.